The molecule has 6 nitrogen and oxygen atoms in total. The van der Waals surface area contributed by atoms with Gasteiger partial charge in [-0.05, 0) is 36.8 Å². The van der Waals surface area contributed by atoms with Crippen LogP contribution in [0.1, 0.15) is 11.1 Å². The minimum atomic E-state index is -0.686. The fraction of sp³-hybridized carbons (Fsp3) is 0.200. The number of rotatable bonds is 6. The Morgan fingerprint density at radius 2 is 1.75 bits per heavy atom. The van der Waals surface area contributed by atoms with Crippen molar-refractivity contribution in [2.24, 2.45) is 0 Å². The van der Waals surface area contributed by atoms with Crippen molar-refractivity contribution in [3.05, 3.63) is 75.7 Å². The van der Waals surface area contributed by atoms with E-state index >= 15 is 0 Å². The number of aromatic nitrogens is 2. The molecular weight excluding hydrogens is 368 g/mol. The van der Waals surface area contributed by atoms with Gasteiger partial charge < -0.3 is 19.4 Å². The molecular formula is C20H19F2N3O3. The van der Waals surface area contributed by atoms with Crippen LogP contribution in [0.25, 0.3) is 0 Å². The summed E-state index contributed by atoms with van der Waals surface area (Å²) in [6.45, 7) is 1.93. The van der Waals surface area contributed by atoms with E-state index in [4.69, 9.17) is 9.47 Å². The summed E-state index contributed by atoms with van der Waals surface area (Å²) in [5.41, 5.74) is 1.30. The molecule has 0 saturated heterocycles. The minimum Gasteiger partial charge on any atom is -0.496 e. The zero-order valence-electron chi connectivity index (χ0n) is 15.6. The summed E-state index contributed by atoms with van der Waals surface area (Å²) in [7, 11) is 2.91. The van der Waals surface area contributed by atoms with Crippen molar-refractivity contribution in [2.75, 3.05) is 19.5 Å². The third-order valence-electron chi connectivity index (χ3n) is 4.21. The summed E-state index contributed by atoms with van der Waals surface area (Å²) in [5.74, 6) is -0.487. The summed E-state index contributed by atoms with van der Waals surface area (Å²) in [6, 6.07) is 8.64. The highest BCUT2D eigenvalue weighted by Crippen LogP contribution is 2.27. The molecule has 0 radical (unpaired) electrons. The Labute approximate surface area is 160 Å². The lowest BCUT2D eigenvalue weighted by Crippen LogP contribution is -2.19. The van der Waals surface area contributed by atoms with Crippen LogP contribution in [-0.2, 0) is 6.54 Å². The van der Waals surface area contributed by atoms with Crippen LogP contribution in [0.3, 0.4) is 0 Å². The maximum Gasteiger partial charge on any atom is 0.316 e. The van der Waals surface area contributed by atoms with Gasteiger partial charge >= 0.3 is 5.56 Å². The highest BCUT2D eigenvalue weighted by atomic mass is 19.1. The largest absolute Gasteiger partial charge is 0.496 e. The molecule has 0 aliphatic carbocycles. The molecule has 0 aliphatic rings. The smallest absolute Gasteiger partial charge is 0.316 e. The van der Waals surface area contributed by atoms with Crippen LogP contribution in [-0.4, -0.2) is 23.8 Å². The molecule has 0 spiro atoms. The topological polar surface area (TPSA) is 65.4 Å². The number of ether oxygens (including phenoxy) is 2. The van der Waals surface area contributed by atoms with Crippen molar-refractivity contribution in [2.45, 2.75) is 13.5 Å². The SMILES string of the molecule is COc1cccc(Nc2nc(=O)c(OC)cn2Cc2cc(F)cc(F)c2)c1C. The molecule has 0 unspecified atom stereocenters. The van der Waals surface area contributed by atoms with Gasteiger partial charge in [-0.1, -0.05) is 6.07 Å². The van der Waals surface area contributed by atoms with E-state index in [1.807, 2.05) is 13.0 Å². The lowest BCUT2D eigenvalue weighted by Gasteiger charge is -2.17. The van der Waals surface area contributed by atoms with E-state index < -0.39 is 17.2 Å². The van der Waals surface area contributed by atoms with Gasteiger partial charge in [0.2, 0.25) is 11.7 Å². The second-order valence-electron chi connectivity index (χ2n) is 6.10. The second-order valence-corrected chi connectivity index (χ2v) is 6.10. The summed E-state index contributed by atoms with van der Waals surface area (Å²) >= 11 is 0. The molecule has 0 fully saturated rings. The third-order valence-corrected chi connectivity index (χ3v) is 4.21. The van der Waals surface area contributed by atoms with Crippen LogP contribution in [0.15, 0.2) is 47.4 Å². The van der Waals surface area contributed by atoms with E-state index in [9.17, 15) is 13.6 Å². The Bertz CT molecular complexity index is 1050. The molecule has 1 heterocycles. The van der Waals surface area contributed by atoms with E-state index in [-0.39, 0.29) is 18.2 Å². The molecule has 0 atom stereocenters. The normalized spacial score (nSPS) is 10.6. The maximum atomic E-state index is 13.6. The Morgan fingerprint density at radius 1 is 1.07 bits per heavy atom. The van der Waals surface area contributed by atoms with Crippen molar-refractivity contribution < 1.29 is 18.3 Å². The maximum absolute atomic E-state index is 13.6. The van der Waals surface area contributed by atoms with E-state index in [1.54, 1.807) is 23.8 Å². The fourth-order valence-corrected chi connectivity index (χ4v) is 2.82. The molecule has 3 aromatic rings. The Balaban J connectivity index is 2.05. The van der Waals surface area contributed by atoms with Gasteiger partial charge in [-0.3, -0.25) is 4.79 Å². The van der Waals surface area contributed by atoms with Gasteiger partial charge in [0, 0.05) is 17.3 Å². The van der Waals surface area contributed by atoms with E-state index in [2.05, 4.69) is 10.3 Å². The lowest BCUT2D eigenvalue weighted by atomic mass is 10.2. The van der Waals surface area contributed by atoms with E-state index in [0.29, 0.717) is 17.0 Å². The molecule has 1 N–H and O–H groups in total. The zero-order chi connectivity index (χ0) is 20.3. The highest BCUT2D eigenvalue weighted by Gasteiger charge is 2.13. The number of methoxy groups -OCH3 is 2. The van der Waals surface area contributed by atoms with Gasteiger partial charge in [-0.15, -0.1) is 0 Å². The van der Waals surface area contributed by atoms with Gasteiger partial charge in [0.1, 0.15) is 17.4 Å². The minimum absolute atomic E-state index is 0.0183. The van der Waals surface area contributed by atoms with Crippen LogP contribution in [0, 0.1) is 18.6 Å². The van der Waals surface area contributed by atoms with Gasteiger partial charge in [0.15, 0.2) is 0 Å². The number of nitrogens with zero attached hydrogens (tertiary/aromatic N) is 2. The molecule has 0 amide bonds. The first-order valence-corrected chi connectivity index (χ1v) is 8.42. The molecule has 8 heteroatoms. The standard InChI is InChI=1S/C20H19F2N3O3/c1-12-16(5-4-6-17(12)27-2)23-20-24-19(26)18(28-3)11-25(20)10-13-7-14(21)9-15(22)8-13/h4-9,11H,10H2,1-3H3,(H,23,24,26). The molecule has 28 heavy (non-hydrogen) atoms. The monoisotopic (exact) mass is 387 g/mol. The molecule has 3 rings (SSSR count). The molecule has 0 saturated carbocycles. The Kier molecular flexibility index (Phi) is 5.58. The predicted molar refractivity (Wildman–Crippen MR) is 102 cm³/mol. The van der Waals surface area contributed by atoms with E-state index in [0.717, 1.165) is 11.6 Å². The van der Waals surface area contributed by atoms with Crippen molar-refractivity contribution in [3.8, 4) is 11.5 Å². The van der Waals surface area contributed by atoms with Crippen molar-refractivity contribution in [1.82, 2.24) is 9.55 Å². The first kappa shape index (κ1) is 19.3. The molecule has 0 aliphatic heterocycles. The van der Waals surface area contributed by atoms with Gasteiger partial charge in [0.25, 0.3) is 0 Å². The van der Waals surface area contributed by atoms with Crippen LogP contribution < -0.4 is 20.3 Å². The first-order valence-electron chi connectivity index (χ1n) is 8.42. The van der Waals surface area contributed by atoms with E-state index in [1.165, 1.54) is 25.4 Å². The van der Waals surface area contributed by atoms with Gasteiger partial charge in [-0.25, -0.2) is 8.78 Å². The number of benzene rings is 2. The fourth-order valence-electron chi connectivity index (χ4n) is 2.82. The van der Waals surface area contributed by atoms with Crippen LogP contribution >= 0.6 is 0 Å². The van der Waals surface area contributed by atoms with Crippen LogP contribution in [0.4, 0.5) is 20.4 Å². The summed E-state index contributed by atoms with van der Waals surface area (Å²) in [5, 5.41) is 3.09. The predicted octanol–water partition coefficient (Wildman–Crippen LogP) is 3.64. The van der Waals surface area contributed by atoms with Gasteiger partial charge in [-0.2, -0.15) is 4.98 Å². The Morgan fingerprint density at radius 3 is 2.39 bits per heavy atom. The first-order chi connectivity index (χ1) is 13.4. The quantitative estimate of drug-likeness (QED) is 0.700. The number of hydrogen-bond donors (Lipinski definition) is 1. The number of hydrogen-bond acceptors (Lipinski definition) is 5. The average molecular weight is 387 g/mol. The second kappa shape index (κ2) is 8.08. The number of halogens is 2. The third kappa shape index (κ3) is 4.11. The lowest BCUT2D eigenvalue weighted by molar-refractivity contribution is 0.402. The van der Waals surface area contributed by atoms with Crippen molar-refractivity contribution in [1.29, 1.82) is 0 Å². The number of anilines is 2. The zero-order valence-corrected chi connectivity index (χ0v) is 15.6. The van der Waals surface area contributed by atoms with Crippen LogP contribution in [0.5, 0.6) is 11.5 Å². The molecule has 146 valence electrons. The van der Waals surface area contributed by atoms with Crippen molar-refractivity contribution in [3.63, 3.8) is 0 Å². The summed E-state index contributed by atoms with van der Waals surface area (Å²) < 4.78 is 39.0. The highest BCUT2D eigenvalue weighted by molar-refractivity contribution is 5.62. The van der Waals surface area contributed by atoms with Gasteiger partial charge in [0.05, 0.1) is 27.0 Å². The summed E-state index contributed by atoms with van der Waals surface area (Å²) in [4.78, 5) is 16.2. The average Bonchev–Trinajstić information content (AvgIpc) is 2.64. The summed E-state index contributed by atoms with van der Waals surface area (Å²) in [6.07, 6.45) is 1.44. The molecule has 2 aromatic carbocycles. The van der Waals surface area contributed by atoms with Crippen molar-refractivity contribution >= 4 is 11.6 Å². The molecule has 1 aromatic heterocycles. The Hall–Kier alpha value is -3.42. The number of nitrogens with one attached hydrogen (secondary N) is 1. The molecule has 0 bridgehead atoms. The van der Waals surface area contributed by atoms with Crippen LogP contribution in [0.2, 0.25) is 0 Å².